The second-order valence-corrected chi connectivity index (χ2v) is 6.50. The van der Waals surface area contributed by atoms with Crippen LogP contribution in [0.15, 0.2) is 59.5 Å². The van der Waals surface area contributed by atoms with E-state index in [1.807, 2.05) is 24.3 Å². The Morgan fingerprint density at radius 3 is 2.60 bits per heavy atom. The molecule has 0 bridgehead atoms. The molecule has 3 aromatic rings. The summed E-state index contributed by atoms with van der Waals surface area (Å²) in [7, 11) is 0. The van der Waals surface area contributed by atoms with Crippen molar-refractivity contribution in [2.45, 2.75) is 4.90 Å². The van der Waals surface area contributed by atoms with E-state index in [1.165, 1.54) is 9.60 Å². The zero-order valence-corrected chi connectivity index (χ0v) is 12.5. The van der Waals surface area contributed by atoms with Gasteiger partial charge in [-0.25, -0.2) is 10.8 Å². The highest BCUT2D eigenvalue weighted by atomic mass is 32.2. The van der Waals surface area contributed by atoms with E-state index in [4.69, 9.17) is 5.84 Å². The van der Waals surface area contributed by atoms with E-state index in [0.717, 1.165) is 22.9 Å². The predicted octanol–water partition coefficient (Wildman–Crippen LogP) is 3.77. The van der Waals surface area contributed by atoms with Crippen LogP contribution in [0.3, 0.4) is 0 Å². The molecule has 0 aliphatic carbocycles. The van der Waals surface area contributed by atoms with E-state index < -0.39 is 0 Å². The fourth-order valence-electron chi connectivity index (χ4n) is 1.86. The van der Waals surface area contributed by atoms with Crippen LogP contribution in [0, 0.1) is 0 Å². The molecule has 0 aliphatic heterocycles. The number of thioether (sulfide) groups is 1. The molecule has 0 fully saturated rings. The number of fused-ring (bicyclic) bond motifs is 1. The third-order valence-electron chi connectivity index (χ3n) is 2.87. The van der Waals surface area contributed by atoms with Gasteiger partial charge < -0.3 is 0 Å². The molecule has 1 heterocycles. The molecule has 1 aromatic heterocycles. The standard InChI is InChI=1S/C15H15N3S2/c16-18(10-11-19-12-6-2-1-3-7-12)15-17-13-8-4-5-9-14(13)20-15/h1-9H,10-11,16H2. The summed E-state index contributed by atoms with van der Waals surface area (Å²) in [5.74, 6) is 7.03. The van der Waals surface area contributed by atoms with Gasteiger partial charge in [0, 0.05) is 17.2 Å². The Morgan fingerprint density at radius 2 is 1.80 bits per heavy atom. The Bertz CT molecular complexity index is 649. The lowest BCUT2D eigenvalue weighted by molar-refractivity contribution is 0.893. The van der Waals surface area contributed by atoms with Gasteiger partial charge in [-0.3, -0.25) is 5.01 Å². The topological polar surface area (TPSA) is 42.1 Å². The van der Waals surface area contributed by atoms with E-state index in [0.29, 0.717) is 0 Å². The minimum atomic E-state index is 0.777. The summed E-state index contributed by atoms with van der Waals surface area (Å²) in [5.41, 5.74) is 1.01. The largest absolute Gasteiger partial charge is 0.285 e. The number of para-hydroxylation sites is 1. The number of hydrogen-bond acceptors (Lipinski definition) is 5. The Hall–Kier alpha value is -1.56. The number of anilines is 1. The quantitative estimate of drug-likeness (QED) is 0.442. The molecule has 0 saturated carbocycles. The molecule has 102 valence electrons. The summed E-state index contributed by atoms with van der Waals surface area (Å²) < 4.78 is 1.17. The summed E-state index contributed by atoms with van der Waals surface area (Å²) in [5, 5.41) is 2.61. The molecule has 0 atom stereocenters. The zero-order valence-electron chi connectivity index (χ0n) is 10.9. The second kappa shape index (κ2) is 6.26. The zero-order chi connectivity index (χ0) is 13.8. The first-order valence-corrected chi connectivity index (χ1v) is 8.19. The van der Waals surface area contributed by atoms with Crippen molar-refractivity contribution in [1.29, 1.82) is 0 Å². The van der Waals surface area contributed by atoms with Crippen molar-refractivity contribution in [3.05, 3.63) is 54.6 Å². The summed E-state index contributed by atoms with van der Waals surface area (Å²) in [6, 6.07) is 18.5. The molecule has 20 heavy (non-hydrogen) atoms. The molecule has 0 unspecified atom stereocenters. The monoisotopic (exact) mass is 301 g/mol. The molecule has 0 saturated heterocycles. The lowest BCUT2D eigenvalue weighted by Gasteiger charge is -2.14. The number of nitrogens with two attached hydrogens (primary N) is 1. The van der Waals surface area contributed by atoms with Crippen LogP contribution in [0.2, 0.25) is 0 Å². The number of rotatable bonds is 5. The van der Waals surface area contributed by atoms with E-state index >= 15 is 0 Å². The predicted molar refractivity (Wildman–Crippen MR) is 88.3 cm³/mol. The normalized spacial score (nSPS) is 10.8. The lowest BCUT2D eigenvalue weighted by atomic mass is 10.3. The van der Waals surface area contributed by atoms with Crippen molar-refractivity contribution in [2.24, 2.45) is 5.84 Å². The van der Waals surface area contributed by atoms with Crippen LogP contribution in [0.5, 0.6) is 0 Å². The SMILES string of the molecule is NN(CCSc1ccccc1)c1nc2ccccc2s1. The van der Waals surface area contributed by atoms with Gasteiger partial charge in [0.15, 0.2) is 0 Å². The van der Waals surface area contributed by atoms with Crippen LogP contribution < -0.4 is 10.9 Å². The van der Waals surface area contributed by atoms with Crippen molar-refractivity contribution in [2.75, 3.05) is 17.3 Å². The van der Waals surface area contributed by atoms with Gasteiger partial charge in [-0.05, 0) is 24.3 Å². The lowest BCUT2D eigenvalue weighted by Crippen LogP contribution is -2.32. The molecular formula is C15H15N3S2. The number of aromatic nitrogens is 1. The van der Waals surface area contributed by atoms with Crippen molar-refractivity contribution in [3.8, 4) is 0 Å². The summed E-state index contributed by atoms with van der Waals surface area (Å²) in [6.45, 7) is 0.777. The molecule has 2 N–H and O–H groups in total. The van der Waals surface area contributed by atoms with Crippen LogP contribution in [0.4, 0.5) is 5.13 Å². The van der Waals surface area contributed by atoms with Crippen molar-refractivity contribution in [3.63, 3.8) is 0 Å². The smallest absolute Gasteiger partial charge is 0.200 e. The molecule has 0 amide bonds. The highest BCUT2D eigenvalue weighted by molar-refractivity contribution is 7.99. The Kier molecular flexibility index (Phi) is 4.20. The fourth-order valence-corrected chi connectivity index (χ4v) is 3.64. The van der Waals surface area contributed by atoms with Crippen molar-refractivity contribution < 1.29 is 0 Å². The van der Waals surface area contributed by atoms with Gasteiger partial charge in [-0.15, -0.1) is 11.8 Å². The average molecular weight is 301 g/mol. The Morgan fingerprint density at radius 1 is 1.05 bits per heavy atom. The van der Waals surface area contributed by atoms with E-state index in [1.54, 1.807) is 28.1 Å². The fraction of sp³-hybridized carbons (Fsp3) is 0.133. The average Bonchev–Trinajstić information content (AvgIpc) is 2.92. The van der Waals surface area contributed by atoms with Gasteiger partial charge in [0.1, 0.15) is 0 Å². The summed E-state index contributed by atoms with van der Waals surface area (Å²) in [4.78, 5) is 5.82. The van der Waals surface area contributed by atoms with Crippen LogP contribution in [0.1, 0.15) is 0 Å². The third-order valence-corrected chi connectivity index (χ3v) is 4.94. The molecule has 5 heteroatoms. The maximum Gasteiger partial charge on any atom is 0.200 e. The number of benzene rings is 2. The van der Waals surface area contributed by atoms with Gasteiger partial charge in [0.2, 0.25) is 5.13 Å². The Balaban J connectivity index is 1.60. The maximum absolute atomic E-state index is 6.09. The molecule has 0 spiro atoms. The van der Waals surface area contributed by atoms with E-state index in [-0.39, 0.29) is 0 Å². The molecular weight excluding hydrogens is 286 g/mol. The highest BCUT2D eigenvalue weighted by Crippen LogP contribution is 2.27. The van der Waals surface area contributed by atoms with Gasteiger partial charge in [-0.1, -0.05) is 41.7 Å². The summed E-state index contributed by atoms with van der Waals surface area (Å²) >= 11 is 3.44. The molecule has 3 rings (SSSR count). The molecule has 0 aliphatic rings. The van der Waals surface area contributed by atoms with Gasteiger partial charge in [-0.2, -0.15) is 0 Å². The second-order valence-electron chi connectivity index (χ2n) is 4.32. The maximum atomic E-state index is 6.09. The van der Waals surface area contributed by atoms with Crippen molar-refractivity contribution in [1.82, 2.24) is 4.98 Å². The van der Waals surface area contributed by atoms with E-state index in [2.05, 4.69) is 35.3 Å². The van der Waals surface area contributed by atoms with Crippen molar-refractivity contribution >= 4 is 38.4 Å². The number of hydrogen-bond donors (Lipinski definition) is 1. The van der Waals surface area contributed by atoms with Crippen LogP contribution >= 0.6 is 23.1 Å². The summed E-state index contributed by atoms with van der Waals surface area (Å²) in [6.07, 6.45) is 0. The highest BCUT2D eigenvalue weighted by Gasteiger charge is 2.08. The first-order chi connectivity index (χ1) is 9.83. The van der Waals surface area contributed by atoms with Crippen LogP contribution in [0.25, 0.3) is 10.2 Å². The van der Waals surface area contributed by atoms with Gasteiger partial charge in [0.05, 0.1) is 10.2 Å². The molecule has 2 aromatic carbocycles. The van der Waals surface area contributed by atoms with Crippen LogP contribution in [-0.4, -0.2) is 17.3 Å². The first kappa shape index (κ1) is 13.4. The minimum absolute atomic E-state index is 0.777. The molecule has 3 nitrogen and oxygen atoms in total. The number of nitrogens with zero attached hydrogens (tertiary/aromatic N) is 2. The molecule has 0 radical (unpaired) electrons. The van der Waals surface area contributed by atoms with Crippen LogP contribution in [-0.2, 0) is 0 Å². The number of hydrazine groups is 1. The minimum Gasteiger partial charge on any atom is -0.285 e. The number of thiazole rings is 1. The third kappa shape index (κ3) is 3.12. The first-order valence-electron chi connectivity index (χ1n) is 6.38. The van der Waals surface area contributed by atoms with Gasteiger partial charge >= 0.3 is 0 Å². The van der Waals surface area contributed by atoms with Gasteiger partial charge in [0.25, 0.3) is 0 Å². The Labute approximate surface area is 126 Å². The van der Waals surface area contributed by atoms with E-state index in [9.17, 15) is 0 Å².